The Labute approximate surface area is 75.9 Å². The van der Waals surface area contributed by atoms with E-state index in [0.717, 1.165) is 0 Å². The Kier molecular flexibility index (Phi) is 2.87. The van der Waals surface area contributed by atoms with Crippen LogP contribution < -0.4 is 5.73 Å². The molecule has 0 heterocycles. The molecule has 70 valence electrons. The highest BCUT2D eigenvalue weighted by Gasteiger charge is 2.06. The maximum atomic E-state index is 11.0. The van der Waals surface area contributed by atoms with Crippen LogP contribution in [0.5, 0.6) is 0 Å². The molecule has 0 saturated heterocycles. The van der Waals surface area contributed by atoms with Crippen LogP contribution in [0.4, 0.5) is 5.69 Å². The minimum Gasteiger partial charge on any atom is -0.465 e. The van der Waals surface area contributed by atoms with Crippen molar-refractivity contribution in [1.29, 1.82) is 0 Å². The quantitative estimate of drug-likeness (QED) is 0.516. The third-order valence-electron chi connectivity index (χ3n) is 1.74. The predicted molar refractivity (Wildman–Crippen MR) is 48.1 cm³/mol. The van der Waals surface area contributed by atoms with Gasteiger partial charge in [0, 0.05) is 11.3 Å². The predicted octanol–water partition coefficient (Wildman–Crippen LogP) is 0.548. The van der Waals surface area contributed by atoms with Crippen molar-refractivity contribution in [2.24, 2.45) is 0 Å². The number of rotatable bonds is 2. The van der Waals surface area contributed by atoms with Crippen LogP contribution in [0.1, 0.15) is 15.9 Å². The molecule has 4 nitrogen and oxygen atoms in total. The van der Waals surface area contributed by atoms with Gasteiger partial charge in [-0.15, -0.1) is 0 Å². The fourth-order valence-electron chi connectivity index (χ4n) is 0.984. The molecule has 0 aromatic heterocycles. The summed E-state index contributed by atoms with van der Waals surface area (Å²) in [6.45, 7) is -0.132. The van der Waals surface area contributed by atoms with Crippen LogP contribution in [0.3, 0.4) is 0 Å². The number of hydrogen-bond acceptors (Lipinski definition) is 4. The van der Waals surface area contributed by atoms with Gasteiger partial charge in [0.05, 0.1) is 19.3 Å². The zero-order valence-electron chi connectivity index (χ0n) is 7.28. The molecule has 1 rings (SSSR count). The van der Waals surface area contributed by atoms with Gasteiger partial charge in [-0.1, -0.05) is 6.07 Å². The number of aliphatic hydroxyl groups excluding tert-OH is 1. The maximum absolute atomic E-state index is 11.0. The van der Waals surface area contributed by atoms with Gasteiger partial charge in [0.2, 0.25) is 0 Å². The largest absolute Gasteiger partial charge is 0.465 e. The third-order valence-corrected chi connectivity index (χ3v) is 1.74. The van der Waals surface area contributed by atoms with E-state index in [-0.39, 0.29) is 6.61 Å². The normalized spacial score (nSPS) is 9.69. The van der Waals surface area contributed by atoms with Crippen molar-refractivity contribution in [2.45, 2.75) is 6.61 Å². The second-order valence-corrected chi connectivity index (χ2v) is 2.56. The van der Waals surface area contributed by atoms with Crippen LogP contribution in [-0.4, -0.2) is 18.2 Å². The van der Waals surface area contributed by atoms with Crippen LogP contribution in [0.2, 0.25) is 0 Å². The van der Waals surface area contributed by atoms with E-state index >= 15 is 0 Å². The molecule has 0 radical (unpaired) electrons. The zero-order chi connectivity index (χ0) is 9.84. The molecule has 1 aromatic rings. The molecule has 0 unspecified atom stereocenters. The summed E-state index contributed by atoms with van der Waals surface area (Å²) < 4.78 is 4.51. The molecule has 0 aliphatic heterocycles. The van der Waals surface area contributed by atoms with Crippen LogP contribution >= 0.6 is 0 Å². The summed E-state index contributed by atoms with van der Waals surface area (Å²) in [7, 11) is 1.30. The molecule has 13 heavy (non-hydrogen) atoms. The van der Waals surface area contributed by atoms with Gasteiger partial charge in [-0.3, -0.25) is 0 Å². The molecular formula is C9H11NO3. The third kappa shape index (κ3) is 1.97. The van der Waals surface area contributed by atoms with Crippen molar-refractivity contribution in [3.8, 4) is 0 Å². The molecule has 0 spiro atoms. The van der Waals surface area contributed by atoms with Crippen molar-refractivity contribution in [2.75, 3.05) is 12.8 Å². The van der Waals surface area contributed by atoms with Gasteiger partial charge >= 0.3 is 5.97 Å². The molecule has 3 N–H and O–H groups in total. The van der Waals surface area contributed by atoms with Gasteiger partial charge < -0.3 is 15.6 Å². The SMILES string of the molecule is COC(=O)c1ccc(CO)c(N)c1. The summed E-state index contributed by atoms with van der Waals surface area (Å²) in [4.78, 5) is 11.0. The molecule has 0 aliphatic rings. The average molecular weight is 181 g/mol. The lowest BCUT2D eigenvalue weighted by Crippen LogP contribution is -2.03. The van der Waals surface area contributed by atoms with Crippen molar-refractivity contribution >= 4 is 11.7 Å². The molecule has 0 saturated carbocycles. The van der Waals surface area contributed by atoms with Crippen LogP contribution in [0, 0.1) is 0 Å². The van der Waals surface area contributed by atoms with E-state index in [2.05, 4.69) is 4.74 Å². The van der Waals surface area contributed by atoms with Gasteiger partial charge in [-0.25, -0.2) is 4.79 Å². The molecular weight excluding hydrogens is 170 g/mol. The summed E-state index contributed by atoms with van der Waals surface area (Å²) in [5.41, 5.74) is 6.94. The fourth-order valence-corrected chi connectivity index (χ4v) is 0.984. The minimum atomic E-state index is -0.434. The van der Waals surface area contributed by atoms with E-state index < -0.39 is 5.97 Å². The van der Waals surface area contributed by atoms with Gasteiger partial charge in [-0.05, 0) is 12.1 Å². The van der Waals surface area contributed by atoms with Gasteiger partial charge in [0.1, 0.15) is 0 Å². The summed E-state index contributed by atoms with van der Waals surface area (Å²) in [5.74, 6) is -0.434. The summed E-state index contributed by atoms with van der Waals surface area (Å²) in [5, 5.41) is 8.81. The highest BCUT2D eigenvalue weighted by Crippen LogP contribution is 2.14. The first kappa shape index (κ1) is 9.54. The number of nitrogens with two attached hydrogens (primary N) is 1. The van der Waals surface area contributed by atoms with Gasteiger partial charge in [0.15, 0.2) is 0 Å². The summed E-state index contributed by atoms with van der Waals surface area (Å²) in [6.07, 6.45) is 0. The van der Waals surface area contributed by atoms with E-state index in [4.69, 9.17) is 10.8 Å². The lowest BCUT2D eigenvalue weighted by molar-refractivity contribution is 0.0600. The highest BCUT2D eigenvalue weighted by atomic mass is 16.5. The second kappa shape index (κ2) is 3.91. The topological polar surface area (TPSA) is 72.5 Å². The Morgan fingerprint density at radius 3 is 2.77 bits per heavy atom. The van der Waals surface area contributed by atoms with E-state index in [0.29, 0.717) is 16.8 Å². The maximum Gasteiger partial charge on any atom is 0.337 e. The van der Waals surface area contributed by atoms with Crippen LogP contribution in [0.25, 0.3) is 0 Å². The molecule has 4 heteroatoms. The Morgan fingerprint density at radius 2 is 2.31 bits per heavy atom. The van der Waals surface area contributed by atoms with Crippen LogP contribution in [0.15, 0.2) is 18.2 Å². The highest BCUT2D eigenvalue weighted by molar-refractivity contribution is 5.90. The number of methoxy groups -OCH3 is 1. The number of ether oxygens (including phenoxy) is 1. The molecule has 0 atom stereocenters. The van der Waals surface area contributed by atoms with E-state index in [1.54, 1.807) is 12.1 Å². The number of carbonyl (C=O) groups excluding carboxylic acids is 1. The second-order valence-electron chi connectivity index (χ2n) is 2.56. The molecule has 0 fully saturated rings. The zero-order valence-corrected chi connectivity index (χ0v) is 7.28. The monoisotopic (exact) mass is 181 g/mol. The van der Waals surface area contributed by atoms with Gasteiger partial charge in [-0.2, -0.15) is 0 Å². The Bertz CT molecular complexity index is 323. The van der Waals surface area contributed by atoms with Crippen molar-refractivity contribution in [3.05, 3.63) is 29.3 Å². The molecule has 0 bridgehead atoms. The average Bonchev–Trinajstić information content (AvgIpc) is 2.16. The Hall–Kier alpha value is -1.55. The molecule has 0 aliphatic carbocycles. The summed E-state index contributed by atoms with van der Waals surface area (Å²) >= 11 is 0. The van der Waals surface area contributed by atoms with Crippen LogP contribution in [-0.2, 0) is 11.3 Å². The number of anilines is 1. The van der Waals surface area contributed by atoms with Crippen molar-refractivity contribution in [3.63, 3.8) is 0 Å². The fraction of sp³-hybridized carbons (Fsp3) is 0.222. The first-order valence-corrected chi connectivity index (χ1v) is 3.76. The van der Waals surface area contributed by atoms with Crippen molar-refractivity contribution in [1.82, 2.24) is 0 Å². The van der Waals surface area contributed by atoms with E-state index in [1.807, 2.05) is 0 Å². The number of esters is 1. The number of carbonyl (C=O) groups is 1. The van der Waals surface area contributed by atoms with E-state index in [1.165, 1.54) is 13.2 Å². The lowest BCUT2D eigenvalue weighted by Gasteiger charge is -2.04. The molecule has 1 aromatic carbocycles. The smallest absolute Gasteiger partial charge is 0.337 e. The number of aliphatic hydroxyl groups is 1. The standard InChI is InChI=1S/C9H11NO3/c1-13-9(12)6-2-3-7(5-11)8(10)4-6/h2-4,11H,5,10H2,1H3. The number of hydrogen-bond donors (Lipinski definition) is 2. The van der Waals surface area contributed by atoms with Crippen molar-refractivity contribution < 1.29 is 14.6 Å². The van der Waals surface area contributed by atoms with Gasteiger partial charge in [0.25, 0.3) is 0 Å². The number of benzene rings is 1. The number of nitrogen functional groups attached to an aromatic ring is 1. The van der Waals surface area contributed by atoms with E-state index in [9.17, 15) is 4.79 Å². The minimum absolute atomic E-state index is 0.132. The molecule has 0 amide bonds. The Morgan fingerprint density at radius 1 is 1.62 bits per heavy atom. The summed E-state index contributed by atoms with van der Waals surface area (Å²) in [6, 6.07) is 4.65. The first-order chi connectivity index (χ1) is 6.19. The first-order valence-electron chi connectivity index (χ1n) is 3.76. The lowest BCUT2D eigenvalue weighted by atomic mass is 10.1. The Balaban J connectivity index is 3.02.